The third-order valence-corrected chi connectivity index (χ3v) is 3.03. The van der Waals surface area contributed by atoms with Crippen molar-refractivity contribution in [3.63, 3.8) is 0 Å². The quantitative estimate of drug-likeness (QED) is 0.513. The highest BCUT2D eigenvalue weighted by Gasteiger charge is 2.08. The van der Waals surface area contributed by atoms with Crippen LogP contribution < -0.4 is 5.43 Å². The van der Waals surface area contributed by atoms with Gasteiger partial charge in [0.2, 0.25) is 0 Å². The molecule has 0 heterocycles. The highest BCUT2D eigenvalue weighted by molar-refractivity contribution is 6.32. The maximum Gasteiger partial charge on any atom is 0.271 e. The summed E-state index contributed by atoms with van der Waals surface area (Å²) in [6.45, 7) is 0. The second-order valence-electron chi connectivity index (χ2n) is 4.18. The van der Waals surface area contributed by atoms with E-state index >= 15 is 0 Å². The van der Waals surface area contributed by atoms with Gasteiger partial charge in [0.05, 0.1) is 16.2 Å². The van der Waals surface area contributed by atoms with Crippen LogP contribution >= 0.6 is 11.6 Å². The van der Waals surface area contributed by atoms with E-state index in [1.165, 1.54) is 36.5 Å². The van der Waals surface area contributed by atoms with E-state index in [1.54, 1.807) is 12.1 Å². The lowest BCUT2D eigenvalue weighted by Crippen LogP contribution is -2.17. The smallest absolute Gasteiger partial charge is 0.271 e. The third-order valence-electron chi connectivity index (χ3n) is 2.73. The van der Waals surface area contributed by atoms with Gasteiger partial charge >= 0.3 is 0 Å². The van der Waals surface area contributed by atoms with Crippen molar-refractivity contribution >= 4 is 29.4 Å². The predicted molar refractivity (Wildman–Crippen MR) is 81.3 cm³/mol. The average Bonchev–Trinajstić information content (AvgIpc) is 2.51. The molecule has 1 amide bonds. The fourth-order valence-corrected chi connectivity index (χ4v) is 1.78. The number of hydrogen-bond donors (Lipinski definition) is 2. The minimum atomic E-state index is -0.554. The van der Waals surface area contributed by atoms with Crippen LogP contribution in [0.3, 0.4) is 0 Å². The summed E-state index contributed by atoms with van der Waals surface area (Å²) in [6.07, 6.45) is 1.24. The van der Waals surface area contributed by atoms with E-state index in [0.717, 1.165) is 0 Å². The largest absolute Gasteiger partial charge is 0.506 e. The number of amides is 1. The topological polar surface area (TPSA) is 105 Å². The summed E-state index contributed by atoms with van der Waals surface area (Å²) >= 11 is 5.74. The maximum atomic E-state index is 11.8. The molecule has 0 atom stereocenters. The molecule has 112 valence electrons. The Morgan fingerprint density at radius 3 is 2.59 bits per heavy atom. The number of carbonyl (C=O) groups excluding carboxylic acids is 1. The van der Waals surface area contributed by atoms with E-state index in [0.29, 0.717) is 5.56 Å². The Morgan fingerprint density at radius 2 is 1.95 bits per heavy atom. The van der Waals surface area contributed by atoms with Crippen molar-refractivity contribution in [1.29, 1.82) is 0 Å². The first-order chi connectivity index (χ1) is 10.5. The van der Waals surface area contributed by atoms with Gasteiger partial charge in [-0.15, -0.1) is 0 Å². The molecule has 0 saturated heterocycles. The maximum absolute atomic E-state index is 11.8. The molecule has 2 aromatic carbocycles. The van der Waals surface area contributed by atoms with E-state index in [4.69, 9.17) is 11.6 Å². The molecule has 0 saturated carbocycles. The average molecular weight is 320 g/mol. The summed E-state index contributed by atoms with van der Waals surface area (Å²) in [4.78, 5) is 21.7. The van der Waals surface area contributed by atoms with E-state index < -0.39 is 10.8 Å². The fraction of sp³-hybridized carbons (Fsp3) is 0. The highest BCUT2D eigenvalue weighted by atomic mass is 35.5. The molecule has 0 fully saturated rings. The van der Waals surface area contributed by atoms with Crippen molar-refractivity contribution in [2.45, 2.75) is 0 Å². The Morgan fingerprint density at radius 1 is 1.27 bits per heavy atom. The van der Waals surface area contributed by atoms with Crippen LogP contribution in [0.2, 0.25) is 5.02 Å². The third kappa shape index (κ3) is 3.58. The fourth-order valence-electron chi connectivity index (χ4n) is 1.60. The first-order valence-corrected chi connectivity index (χ1v) is 6.42. The predicted octanol–water partition coefficient (Wildman–Crippen LogP) is 2.72. The number of halogens is 1. The molecule has 0 spiro atoms. The standard InChI is InChI=1S/C14H10ClN3O4/c15-12-3-1-2-10(13(12)19)8-16-17-14(20)9-4-6-11(7-5-9)18(21)22/h1-8,19H,(H,17,20)/b16-8+. The molecular formula is C14H10ClN3O4. The van der Waals surface area contributed by atoms with Crippen LogP contribution in [-0.2, 0) is 0 Å². The number of para-hydroxylation sites is 1. The van der Waals surface area contributed by atoms with Gasteiger partial charge in [-0.2, -0.15) is 5.10 Å². The lowest BCUT2D eigenvalue weighted by molar-refractivity contribution is -0.384. The summed E-state index contributed by atoms with van der Waals surface area (Å²) < 4.78 is 0. The second kappa shape index (κ2) is 6.68. The van der Waals surface area contributed by atoms with Crippen LogP contribution in [0.15, 0.2) is 47.6 Å². The van der Waals surface area contributed by atoms with Crippen LogP contribution in [0.5, 0.6) is 5.75 Å². The molecule has 22 heavy (non-hydrogen) atoms. The molecule has 0 aliphatic heterocycles. The number of non-ortho nitro benzene ring substituents is 1. The van der Waals surface area contributed by atoms with Crippen molar-refractivity contribution < 1.29 is 14.8 Å². The van der Waals surface area contributed by atoms with Gasteiger partial charge in [0.25, 0.3) is 11.6 Å². The van der Waals surface area contributed by atoms with E-state index in [-0.39, 0.29) is 22.0 Å². The molecule has 8 heteroatoms. The molecule has 0 aromatic heterocycles. The van der Waals surface area contributed by atoms with Gasteiger partial charge in [0, 0.05) is 23.3 Å². The molecule has 0 aliphatic rings. The first kappa shape index (κ1) is 15.5. The summed E-state index contributed by atoms with van der Waals surface area (Å²) in [5.41, 5.74) is 2.71. The molecule has 2 aromatic rings. The van der Waals surface area contributed by atoms with E-state index in [9.17, 15) is 20.0 Å². The zero-order chi connectivity index (χ0) is 16.1. The zero-order valence-corrected chi connectivity index (χ0v) is 11.8. The van der Waals surface area contributed by atoms with Crippen molar-refractivity contribution in [3.8, 4) is 5.75 Å². The van der Waals surface area contributed by atoms with E-state index in [2.05, 4.69) is 10.5 Å². The number of phenolic OH excluding ortho intramolecular Hbond substituents is 1. The summed E-state index contributed by atoms with van der Waals surface area (Å²) in [6, 6.07) is 9.80. The van der Waals surface area contributed by atoms with Gasteiger partial charge in [-0.3, -0.25) is 14.9 Å². The molecule has 2 rings (SSSR count). The zero-order valence-electron chi connectivity index (χ0n) is 11.1. The van der Waals surface area contributed by atoms with Crippen molar-refractivity contribution in [2.75, 3.05) is 0 Å². The highest BCUT2D eigenvalue weighted by Crippen LogP contribution is 2.25. The van der Waals surface area contributed by atoms with Crippen molar-refractivity contribution in [3.05, 3.63) is 68.7 Å². The molecular weight excluding hydrogens is 310 g/mol. The number of hydrogen-bond acceptors (Lipinski definition) is 5. The van der Waals surface area contributed by atoms with Crippen molar-refractivity contribution in [1.82, 2.24) is 5.43 Å². The number of nitro benzene ring substituents is 1. The van der Waals surface area contributed by atoms with Gasteiger partial charge in [0.1, 0.15) is 5.75 Å². The van der Waals surface area contributed by atoms with Gasteiger partial charge < -0.3 is 5.11 Å². The Kier molecular flexibility index (Phi) is 4.70. The number of nitro groups is 1. The lowest BCUT2D eigenvalue weighted by atomic mass is 10.2. The normalized spacial score (nSPS) is 10.6. The van der Waals surface area contributed by atoms with Gasteiger partial charge in [-0.25, -0.2) is 5.43 Å². The number of rotatable bonds is 4. The second-order valence-corrected chi connectivity index (χ2v) is 4.59. The van der Waals surface area contributed by atoms with Crippen LogP contribution in [-0.4, -0.2) is 22.2 Å². The van der Waals surface area contributed by atoms with Crippen LogP contribution in [0.1, 0.15) is 15.9 Å². The number of aromatic hydroxyl groups is 1. The molecule has 0 radical (unpaired) electrons. The Hall–Kier alpha value is -2.93. The number of hydrazone groups is 1. The minimum absolute atomic E-state index is 0.107. The van der Waals surface area contributed by atoms with Gasteiger partial charge in [0.15, 0.2) is 0 Å². The number of benzene rings is 2. The Labute approximate surface area is 130 Å². The first-order valence-electron chi connectivity index (χ1n) is 6.04. The van der Waals surface area contributed by atoms with E-state index in [1.807, 2.05) is 0 Å². The Bertz CT molecular complexity index is 744. The molecule has 0 aliphatic carbocycles. The Balaban J connectivity index is 2.04. The van der Waals surface area contributed by atoms with Crippen LogP contribution in [0, 0.1) is 10.1 Å². The lowest BCUT2D eigenvalue weighted by Gasteiger charge is -2.01. The van der Waals surface area contributed by atoms with Gasteiger partial charge in [-0.05, 0) is 24.3 Å². The van der Waals surface area contributed by atoms with Crippen LogP contribution in [0.25, 0.3) is 0 Å². The molecule has 7 nitrogen and oxygen atoms in total. The molecule has 0 unspecified atom stereocenters. The van der Waals surface area contributed by atoms with Crippen molar-refractivity contribution in [2.24, 2.45) is 5.10 Å². The summed E-state index contributed by atoms with van der Waals surface area (Å²) in [7, 11) is 0. The summed E-state index contributed by atoms with van der Waals surface area (Å²) in [5, 5.41) is 24.1. The SMILES string of the molecule is O=C(N/N=C/c1cccc(Cl)c1O)c1ccc([N+](=O)[O-])cc1. The van der Waals surface area contributed by atoms with Crippen LogP contribution in [0.4, 0.5) is 5.69 Å². The molecule has 2 N–H and O–H groups in total. The number of nitrogens with one attached hydrogen (secondary N) is 1. The minimum Gasteiger partial charge on any atom is -0.506 e. The molecule has 0 bridgehead atoms. The number of phenols is 1. The summed E-state index contributed by atoms with van der Waals surface area (Å²) in [5.74, 6) is -0.676. The van der Waals surface area contributed by atoms with Gasteiger partial charge in [-0.1, -0.05) is 17.7 Å². The number of nitrogens with zero attached hydrogens (tertiary/aromatic N) is 2. The number of carbonyl (C=O) groups is 1. The monoisotopic (exact) mass is 319 g/mol.